The van der Waals surface area contributed by atoms with Crippen molar-refractivity contribution in [3.8, 4) is 5.75 Å². The number of fused-ring (bicyclic) bond motifs is 1. The van der Waals surface area contributed by atoms with Gasteiger partial charge in [0.25, 0.3) is 5.91 Å². The number of nitrogens with one attached hydrogen (secondary N) is 1. The number of rotatable bonds is 6. The lowest BCUT2D eigenvalue weighted by Crippen LogP contribution is -2.14. The van der Waals surface area contributed by atoms with E-state index < -0.39 is 16.6 Å². The topological polar surface area (TPSA) is 112 Å². The quantitative estimate of drug-likeness (QED) is 0.366. The van der Waals surface area contributed by atoms with E-state index in [-0.39, 0.29) is 23.9 Å². The van der Waals surface area contributed by atoms with Crippen LogP contribution in [0.25, 0.3) is 10.2 Å². The summed E-state index contributed by atoms with van der Waals surface area (Å²) in [6.45, 7) is 1.74. The minimum atomic E-state index is -0.670. The lowest BCUT2D eigenvalue weighted by molar-refractivity contribution is -0.386. The Bertz CT molecular complexity index is 1270. The lowest BCUT2D eigenvalue weighted by Gasteiger charge is -2.06. The highest BCUT2D eigenvalue weighted by molar-refractivity contribution is 7.22. The third-order valence-electron chi connectivity index (χ3n) is 4.11. The van der Waals surface area contributed by atoms with E-state index in [1.54, 1.807) is 0 Å². The normalized spacial score (nSPS) is 10.9. The maximum atomic E-state index is 13.4. The molecule has 0 atom stereocenters. The molecular formula is C19H14FN5O4S. The minimum absolute atomic E-state index is 0.114. The fraction of sp³-hybridized carbons (Fsp3) is 0.105. The van der Waals surface area contributed by atoms with E-state index in [4.69, 9.17) is 4.74 Å². The highest BCUT2D eigenvalue weighted by atomic mass is 32.1. The second-order valence-corrected chi connectivity index (χ2v) is 7.36. The van der Waals surface area contributed by atoms with E-state index in [0.29, 0.717) is 5.13 Å². The number of thiazole rings is 1. The first-order valence-electron chi connectivity index (χ1n) is 8.68. The molecule has 2 aromatic carbocycles. The first-order valence-corrected chi connectivity index (χ1v) is 9.49. The summed E-state index contributed by atoms with van der Waals surface area (Å²) in [5, 5.41) is 18.2. The molecule has 30 heavy (non-hydrogen) atoms. The van der Waals surface area contributed by atoms with Gasteiger partial charge in [-0.3, -0.25) is 20.2 Å². The monoisotopic (exact) mass is 427 g/mol. The van der Waals surface area contributed by atoms with Gasteiger partial charge < -0.3 is 4.74 Å². The van der Waals surface area contributed by atoms with Crippen molar-refractivity contribution in [1.82, 2.24) is 14.8 Å². The summed E-state index contributed by atoms with van der Waals surface area (Å²) in [6.07, 6.45) is 1.47. The molecule has 11 heteroatoms. The van der Waals surface area contributed by atoms with Crippen molar-refractivity contribution in [2.24, 2.45) is 0 Å². The summed E-state index contributed by atoms with van der Waals surface area (Å²) in [4.78, 5) is 27.1. The molecule has 0 aliphatic heterocycles. The third-order valence-corrected chi connectivity index (χ3v) is 5.04. The number of ether oxygens (including phenoxy) is 1. The van der Waals surface area contributed by atoms with Gasteiger partial charge in [-0.25, -0.2) is 14.1 Å². The Morgan fingerprint density at radius 2 is 2.13 bits per heavy atom. The number of anilines is 1. The first kappa shape index (κ1) is 19.5. The van der Waals surface area contributed by atoms with Gasteiger partial charge in [0.1, 0.15) is 5.82 Å². The molecule has 4 rings (SSSR count). The van der Waals surface area contributed by atoms with E-state index in [2.05, 4.69) is 15.4 Å². The molecule has 9 nitrogen and oxygen atoms in total. The third kappa shape index (κ3) is 4.10. The molecule has 0 spiro atoms. The molecule has 0 aliphatic carbocycles. The number of amides is 1. The molecule has 1 N–H and O–H groups in total. The number of aromatic nitrogens is 3. The Balaban J connectivity index is 1.44. The van der Waals surface area contributed by atoms with Crippen molar-refractivity contribution in [2.75, 3.05) is 5.32 Å². The van der Waals surface area contributed by atoms with E-state index in [0.717, 1.165) is 34.0 Å². The maximum Gasteiger partial charge on any atom is 0.311 e. The van der Waals surface area contributed by atoms with Gasteiger partial charge in [-0.1, -0.05) is 17.4 Å². The zero-order valence-corrected chi connectivity index (χ0v) is 16.4. The number of nitrogens with zero attached hydrogens (tertiary/aromatic N) is 4. The van der Waals surface area contributed by atoms with E-state index in [1.807, 2.05) is 25.1 Å². The van der Waals surface area contributed by atoms with Gasteiger partial charge in [0.15, 0.2) is 17.6 Å². The first-order chi connectivity index (χ1) is 14.4. The summed E-state index contributed by atoms with van der Waals surface area (Å²) in [5.41, 5.74) is 1.63. The molecule has 1 amide bonds. The van der Waals surface area contributed by atoms with Gasteiger partial charge in [0, 0.05) is 18.3 Å². The van der Waals surface area contributed by atoms with Crippen molar-refractivity contribution >= 4 is 38.3 Å². The summed E-state index contributed by atoms with van der Waals surface area (Å²) < 4.78 is 20.9. The van der Waals surface area contributed by atoms with E-state index in [1.165, 1.54) is 28.3 Å². The van der Waals surface area contributed by atoms with Crippen LogP contribution in [-0.4, -0.2) is 25.6 Å². The lowest BCUT2D eigenvalue weighted by atomic mass is 10.2. The van der Waals surface area contributed by atoms with Crippen molar-refractivity contribution in [2.45, 2.75) is 13.7 Å². The number of halogens is 1. The number of hydrogen-bond acceptors (Lipinski definition) is 7. The maximum absolute atomic E-state index is 13.4. The Labute approximate surface area is 172 Å². The number of carbonyl (C=O) groups excluding carboxylic acids is 1. The number of hydrogen-bond donors (Lipinski definition) is 1. The Morgan fingerprint density at radius 1 is 1.30 bits per heavy atom. The average molecular weight is 427 g/mol. The van der Waals surface area contributed by atoms with Crippen LogP contribution >= 0.6 is 11.3 Å². The molecule has 0 saturated carbocycles. The highest BCUT2D eigenvalue weighted by Gasteiger charge is 2.17. The molecule has 0 fully saturated rings. The van der Waals surface area contributed by atoms with Crippen LogP contribution in [0.2, 0.25) is 0 Å². The highest BCUT2D eigenvalue weighted by Crippen LogP contribution is 2.28. The molecule has 0 saturated heterocycles. The Morgan fingerprint density at radius 3 is 2.93 bits per heavy atom. The molecule has 0 radical (unpaired) electrons. The van der Waals surface area contributed by atoms with Crippen LogP contribution in [0.5, 0.6) is 5.75 Å². The molecule has 4 aromatic rings. The number of aryl methyl sites for hydroxylation is 1. The van der Waals surface area contributed by atoms with Gasteiger partial charge in [0.2, 0.25) is 5.75 Å². The molecule has 2 aromatic heterocycles. The molecule has 0 unspecified atom stereocenters. The fourth-order valence-corrected chi connectivity index (χ4v) is 3.65. The fourth-order valence-electron chi connectivity index (χ4n) is 2.69. The number of nitro benzene ring substituents is 1. The van der Waals surface area contributed by atoms with Crippen molar-refractivity contribution in [1.29, 1.82) is 0 Å². The predicted molar refractivity (Wildman–Crippen MR) is 108 cm³/mol. The van der Waals surface area contributed by atoms with Crippen LogP contribution in [-0.2, 0) is 6.73 Å². The van der Waals surface area contributed by atoms with Crippen LogP contribution in [0.4, 0.5) is 15.2 Å². The molecule has 152 valence electrons. The Hall–Kier alpha value is -3.86. The average Bonchev–Trinajstić information content (AvgIpc) is 3.32. The second kappa shape index (κ2) is 7.87. The van der Waals surface area contributed by atoms with Crippen molar-refractivity contribution in [3.05, 3.63) is 75.9 Å². The summed E-state index contributed by atoms with van der Waals surface area (Å²) in [5.74, 6) is -1.35. The zero-order valence-electron chi connectivity index (χ0n) is 15.5. The number of carbonyl (C=O) groups is 1. The largest absolute Gasteiger partial charge is 0.464 e. The number of nitro groups is 1. The molecule has 0 aliphatic rings. The van der Waals surface area contributed by atoms with Crippen LogP contribution in [0.15, 0.2) is 48.7 Å². The van der Waals surface area contributed by atoms with E-state index >= 15 is 0 Å². The molecule has 0 bridgehead atoms. The zero-order chi connectivity index (χ0) is 21.3. The summed E-state index contributed by atoms with van der Waals surface area (Å²) in [7, 11) is 0. The second-order valence-electron chi connectivity index (χ2n) is 6.33. The van der Waals surface area contributed by atoms with Gasteiger partial charge >= 0.3 is 5.69 Å². The molecule has 2 heterocycles. The van der Waals surface area contributed by atoms with Crippen molar-refractivity contribution in [3.63, 3.8) is 0 Å². The SMILES string of the molecule is Cc1ccc2nc(NC(=O)c3ccn(COc4cc(F)ccc4[N+](=O)[O-])n3)sc2c1. The van der Waals surface area contributed by atoms with Gasteiger partial charge in [-0.2, -0.15) is 5.10 Å². The summed E-state index contributed by atoms with van der Waals surface area (Å²) >= 11 is 1.35. The Kier molecular flexibility index (Phi) is 5.11. The van der Waals surface area contributed by atoms with Crippen LogP contribution in [0, 0.1) is 22.9 Å². The smallest absolute Gasteiger partial charge is 0.311 e. The van der Waals surface area contributed by atoms with Gasteiger partial charge in [0.05, 0.1) is 15.1 Å². The van der Waals surface area contributed by atoms with Crippen LogP contribution in [0.3, 0.4) is 0 Å². The van der Waals surface area contributed by atoms with E-state index in [9.17, 15) is 19.3 Å². The van der Waals surface area contributed by atoms with Crippen LogP contribution < -0.4 is 10.1 Å². The van der Waals surface area contributed by atoms with Gasteiger partial charge in [-0.15, -0.1) is 0 Å². The van der Waals surface area contributed by atoms with Crippen molar-refractivity contribution < 1.29 is 18.8 Å². The van der Waals surface area contributed by atoms with Crippen LogP contribution in [0.1, 0.15) is 16.1 Å². The molecular weight excluding hydrogens is 413 g/mol. The minimum Gasteiger partial charge on any atom is -0.464 e. The standard InChI is InChI=1S/C19H14FN5O4S/c1-11-2-4-13-17(8-11)30-19(21-13)22-18(26)14-6-7-24(23-14)10-29-16-9-12(20)3-5-15(16)25(27)28/h2-9H,10H2,1H3,(H,21,22,26). The van der Waals surface area contributed by atoms with Gasteiger partial charge in [-0.05, 0) is 36.8 Å². The summed E-state index contributed by atoms with van der Waals surface area (Å²) in [6, 6.07) is 10.2. The predicted octanol–water partition coefficient (Wildman–Crippen LogP) is 4.14. The number of benzene rings is 2.